The fourth-order valence-corrected chi connectivity index (χ4v) is 5.99. The van der Waals surface area contributed by atoms with Gasteiger partial charge in [0.1, 0.15) is 6.29 Å². The molecule has 3 rings (SSSR count). The van der Waals surface area contributed by atoms with Crippen LogP contribution in [0.4, 0.5) is 0 Å². The first kappa shape index (κ1) is 18.1. The van der Waals surface area contributed by atoms with E-state index in [-0.39, 0.29) is 18.1 Å². The van der Waals surface area contributed by atoms with Crippen LogP contribution in [0.25, 0.3) is 0 Å². The largest absolute Gasteiger partial charge is 0.327 e. The highest BCUT2D eigenvalue weighted by molar-refractivity contribution is 7.89. The molecule has 0 aromatic rings. The van der Waals surface area contributed by atoms with Crippen LogP contribution in [0.3, 0.4) is 0 Å². The number of carbonyl (C=O) groups excluding carboxylic acids is 1. The number of nitrogens with zero attached hydrogens (tertiary/aromatic N) is 1. The third-order valence-corrected chi connectivity index (χ3v) is 7.63. The molecule has 2 saturated heterocycles. The van der Waals surface area contributed by atoms with Gasteiger partial charge in [0.2, 0.25) is 15.9 Å². The Morgan fingerprint density at radius 3 is 2.46 bits per heavy atom. The van der Waals surface area contributed by atoms with Crippen molar-refractivity contribution >= 4 is 15.9 Å². The van der Waals surface area contributed by atoms with E-state index >= 15 is 0 Å². The zero-order valence-corrected chi connectivity index (χ0v) is 14.9. The van der Waals surface area contributed by atoms with Gasteiger partial charge in [-0.15, -0.1) is 0 Å². The summed E-state index contributed by atoms with van der Waals surface area (Å²) in [5.74, 6) is -0.297. The maximum atomic E-state index is 13.0. The summed E-state index contributed by atoms with van der Waals surface area (Å²) in [6.45, 7) is 1.86. The lowest BCUT2D eigenvalue weighted by Gasteiger charge is -2.32. The Labute approximate surface area is 144 Å². The van der Waals surface area contributed by atoms with E-state index < -0.39 is 15.3 Å². The molecule has 0 aromatic heterocycles. The minimum absolute atomic E-state index is 0.0699. The van der Waals surface area contributed by atoms with Crippen molar-refractivity contribution in [1.82, 2.24) is 25.8 Å². The van der Waals surface area contributed by atoms with E-state index in [1.807, 2.05) is 0 Å². The molecule has 0 radical (unpaired) electrons. The van der Waals surface area contributed by atoms with E-state index in [9.17, 15) is 13.2 Å². The van der Waals surface area contributed by atoms with Crippen molar-refractivity contribution in [3.63, 3.8) is 0 Å². The van der Waals surface area contributed by atoms with E-state index in [2.05, 4.69) is 21.5 Å². The zero-order chi connectivity index (χ0) is 17.0. The highest BCUT2D eigenvalue weighted by Crippen LogP contribution is 2.31. The topological polar surface area (TPSA) is 103 Å². The fraction of sp³-hybridized carbons (Fsp3) is 0.933. The van der Waals surface area contributed by atoms with Gasteiger partial charge in [-0.2, -0.15) is 0 Å². The molecule has 2 aliphatic heterocycles. The Morgan fingerprint density at radius 2 is 1.79 bits per heavy atom. The van der Waals surface area contributed by atoms with Gasteiger partial charge in [0.15, 0.2) is 0 Å². The van der Waals surface area contributed by atoms with E-state index in [0.717, 1.165) is 38.5 Å². The summed E-state index contributed by atoms with van der Waals surface area (Å²) in [7, 11) is -3.29. The predicted molar refractivity (Wildman–Crippen MR) is 90.9 cm³/mol. The molecule has 0 aromatic carbocycles. The van der Waals surface area contributed by atoms with E-state index in [4.69, 9.17) is 0 Å². The minimum Gasteiger partial charge on any atom is -0.327 e. The number of hydrazine groups is 1. The third-order valence-electron chi connectivity index (χ3n) is 5.27. The Hall–Kier alpha value is -0.740. The van der Waals surface area contributed by atoms with E-state index in [1.165, 1.54) is 0 Å². The van der Waals surface area contributed by atoms with Crippen molar-refractivity contribution in [2.75, 3.05) is 19.8 Å². The Bertz CT molecular complexity index is 527. The highest BCUT2D eigenvalue weighted by atomic mass is 32.2. The Morgan fingerprint density at radius 1 is 1.04 bits per heavy atom. The molecule has 24 heavy (non-hydrogen) atoms. The SMILES string of the molecule is O=C(NC1NCNN1)C1CCCC(S(=O)(=O)N2CCCCCC2)C1. The molecule has 4 N–H and O–H groups in total. The predicted octanol–water partition coefficient (Wildman–Crippen LogP) is -0.194. The molecule has 0 bridgehead atoms. The van der Waals surface area contributed by atoms with Crippen LogP contribution in [-0.4, -0.2) is 49.9 Å². The standard InChI is InChI=1S/C15H29N5O3S/c21-14(18-15-16-11-17-19-15)12-6-5-7-13(10-12)24(22,23)20-8-3-1-2-4-9-20/h12-13,15-17,19H,1-11H2,(H,18,21). The summed E-state index contributed by atoms with van der Waals surface area (Å²) in [5, 5.41) is 5.51. The zero-order valence-electron chi connectivity index (χ0n) is 14.1. The van der Waals surface area contributed by atoms with Crippen molar-refractivity contribution < 1.29 is 13.2 Å². The molecule has 3 aliphatic rings. The maximum Gasteiger partial charge on any atom is 0.225 e. The number of hydrogen-bond donors (Lipinski definition) is 4. The maximum absolute atomic E-state index is 13.0. The third kappa shape index (κ3) is 4.26. The first-order valence-corrected chi connectivity index (χ1v) is 10.6. The molecule has 138 valence electrons. The van der Waals surface area contributed by atoms with Crippen molar-refractivity contribution in [3.05, 3.63) is 0 Å². The number of nitrogens with one attached hydrogen (secondary N) is 4. The number of amides is 1. The lowest BCUT2D eigenvalue weighted by atomic mass is 9.88. The highest BCUT2D eigenvalue weighted by Gasteiger charge is 2.38. The van der Waals surface area contributed by atoms with Gasteiger partial charge in [-0.1, -0.05) is 19.3 Å². The summed E-state index contributed by atoms with van der Waals surface area (Å²) < 4.78 is 27.6. The molecule has 3 fully saturated rings. The normalized spacial score (nSPS) is 33.1. The van der Waals surface area contributed by atoms with Crippen LogP contribution < -0.4 is 21.5 Å². The van der Waals surface area contributed by atoms with Gasteiger partial charge in [-0.25, -0.2) is 23.6 Å². The van der Waals surface area contributed by atoms with Gasteiger partial charge in [-0.05, 0) is 32.1 Å². The van der Waals surface area contributed by atoms with Crippen LogP contribution >= 0.6 is 0 Å². The molecule has 2 heterocycles. The fourth-order valence-electron chi connectivity index (χ4n) is 3.87. The smallest absolute Gasteiger partial charge is 0.225 e. The Balaban J connectivity index is 1.60. The summed E-state index contributed by atoms with van der Waals surface area (Å²) in [4.78, 5) is 12.4. The van der Waals surface area contributed by atoms with Gasteiger partial charge >= 0.3 is 0 Å². The van der Waals surface area contributed by atoms with Gasteiger partial charge in [0.05, 0.1) is 11.9 Å². The van der Waals surface area contributed by atoms with Crippen LogP contribution in [0, 0.1) is 5.92 Å². The quantitative estimate of drug-likeness (QED) is 0.555. The molecule has 8 nitrogen and oxygen atoms in total. The molecule has 1 saturated carbocycles. The van der Waals surface area contributed by atoms with Crippen molar-refractivity contribution in [2.24, 2.45) is 5.92 Å². The molecule has 3 atom stereocenters. The summed E-state index contributed by atoms with van der Waals surface area (Å²) in [5.41, 5.74) is 5.79. The number of sulfonamides is 1. The number of rotatable bonds is 4. The molecular weight excluding hydrogens is 330 g/mol. The molecule has 0 spiro atoms. The first-order chi connectivity index (χ1) is 11.6. The van der Waals surface area contributed by atoms with Crippen LogP contribution in [0.1, 0.15) is 51.4 Å². The van der Waals surface area contributed by atoms with Gasteiger partial charge in [0.25, 0.3) is 0 Å². The molecule has 9 heteroatoms. The second-order valence-electron chi connectivity index (χ2n) is 6.99. The number of carbonyl (C=O) groups is 1. The lowest BCUT2D eigenvalue weighted by Crippen LogP contribution is -2.52. The van der Waals surface area contributed by atoms with E-state index in [1.54, 1.807) is 4.31 Å². The number of hydrogen-bond acceptors (Lipinski definition) is 6. The second kappa shape index (κ2) is 8.09. The van der Waals surface area contributed by atoms with Crippen LogP contribution in [0.5, 0.6) is 0 Å². The molecule has 3 unspecified atom stereocenters. The minimum atomic E-state index is -3.29. The van der Waals surface area contributed by atoms with Crippen molar-refractivity contribution in [1.29, 1.82) is 0 Å². The molecule has 1 amide bonds. The van der Waals surface area contributed by atoms with E-state index in [0.29, 0.717) is 32.6 Å². The average Bonchev–Trinajstić information content (AvgIpc) is 2.93. The van der Waals surface area contributed by atoms with Gasteiger partial charge in [0, 0.05) is 19.0 Å². The summed E-state index contributed by atoms with van der Waals surface area (Å²) in [6, 6.07) is 0. The lowest BCUT2D eigenvalue weighted by molar-refractivity contribution is -0.126. The van der Waals surface area contributed by atoms with Gasteiger partial charge in [-0.3, -0.25) is 10.1 Å². The monoisotopic (exact) mass is 359 g/mol. The first-order valence-electron chi connectivity index (χ1n) is 9.08. The van der Waals surface area contributed by atoms with Crippen molar-refractivity contribution in [2.45, 2.75) is 62.9 Å². The summed E-state index contributed by atoms with van der Waals surface area (Å²) in [6.07, 6.45) is 6.48. The van der Waals surface area contributed by atoms with Gasteiger partial charge < -0.3 is 5.32 Å². The second-order valence-corrected chi connectivity index (χ2v) is 9.20. The van der Waals surface area contributed by atoms with Crippen LogP contribution in [-0.2, 0) is 14.8 Å². The van der Waals surface area contributed by atoms with Crippen LogP contribution in [0.15, 0.2) is 0 Å². The van der Waals surface area contributed by atoms with Crippen molar-refractivity contribution in [3.8, 4) is 0 Å². The van der Waals surface area contributed by atoms with Crippen LogP contribution in [0.2, 0.25) is 0 Å². The molecular formula is C15H29N5O3S. The molecule has 1 aliphatic carbocycles. The average molecular weight is 359 g/mol. The summed E-state index contributed by atoms with van der Waals surface area (Å²) >= 11 is 0. The Kier molecular flexibility index (Phi) is 6.09.